The molecule has 1 aromatic carbocycles. The second-order valence-electron chi connectivity index (χ2n) is 6.18. The van der Waals surface area contributed by atoms with Gasteiger partial charge in [-0.3, -0.25) is 0 Å². The van der Waals surface area contributed by atoms with E-state index in [0.29, 0.717) is 18.5 Å². The normalized spacial score (nSPS) is 21.2. The number of aliphatic hydroxyl groups is 1. The van der Waals surface area contributed by atoms with Crippen molar-refractivity contribution in [2.24, 2.45) is 0 Å². The summed E-state index contributed by atoms with van der Waals surface area (Å²) < 4.78 is 38.7. The third-order valence-corrected chi connectivity index (χ3v) is 4.10. The van der Waals surface area contributed by atoms with E-state index in [9.17, 15) is 23.1 Å². The summed E-state index contributed by atoms with van der Waals surface area (Å²) in [4.78, 5) is 13.7. The van der Waals surface area contributed by atoms with Crippen molar-refractivity contribution < 1.29 is 23.1 Å². The van der Waals surface area contributed by atoms with Gasteiger partial charge < -0.3 is 20.6 Å². The Bertz CT molecular complexity index is 590. The quantitative estimate of drug-likeness (QED) is 0.788. The van der Waals surface area contributed by atoms with E-state index in [1.165, 1.54) is 6.07 Å². The Morgan fingerprint density at radius 2 is 1.92 bits per heavy atom. The molecule has 0 aliphatic heterocycles. The van der Waals surface area contributed by atoms with Gasteiger partial charge in [0.1, 0.15) is 0 Å². The largest absolute Gasteiger partial charge is 0.416 e. The topological polar surface area (TPSA) is 64.6 Å². The number of hydrogen-bond acceptors (Lipinski definition) is 3. The highest BCUT2D eigenvalue weighted by atomic mass is 19.4. The monoisotopic (exact) mass is 345 g/mol. The van der Waals surface area contributed by atoms with E-state index in [-0.39, 0.29) is 11.7 Å². The zero-order chi connectivity index (χ0) is 17.9. The van der Waals surface area contributed by atoms with Crippen LogP contribution in [0.5, 0.6) is 0 Å². The van der Waals surface area contributed by atoms with E-state index in [1.807, 2.05) is 0 Å². The molecule has 134 valence electrons. The molecule has 0 radical (unpaired) electrons. The van der Waals surface area contributed by atoms with Gasteiger partial charge in [0, 0.05) is 14.1 Å². The molecule has 0 aromatic heterocycles. The number of nitrogens with zero attached hydrogens (tertiary/aromatic N) is 1. The fourth-order valence-electron chi connectivity index (χ4n) is 2.81. The fourth-order valence-corrected chi connectivity index (χ4v) is 2.81. The number of hydrogen-bond donors (Lipinski definition) is 3. The van der Waals surface area contributed by atoms with Gasteiger partial charge in [0.05, 0.1) is 29.1 Å². The Morgan fingerprint density at radius 3 is 2.50 bits per heavy atom. The first-order chi connectivity index (χ1) is 11.2. The molecular formula is C16H22F3N3O2. The number of carbonyl (C=O) groups excluding carboxylic acids is 1. The molecule has 0 unspecified atom stereocenters. The number of amides is 2. The van der Waals surface area contributed by atoms with Crippen molar-refractivity contribution in [1.29, 1.82) is 0 Å². The molecule has 0 saturated heterocycles. The number of benzene rings is 1. The number of carbonyl (C=O) groups is 1. The van der Waals surface area contributed by atoms with E-state index in [4.69, 9.17) is 0 Å². The maximum Gasteiger partial charge on any atom is 0.416 e. The molecule has 8 heteroatoms. The summed E-state index contributed by atoms with van der Waals surface area (Å²) in [5.41, 5.74) is -0.305. The van der Waals surface area contributed by atoms with Gasteiger partial charge in [-0.25, -0.2) is 4.79 Å². The molecule has 1 aliphatic carbocycles. The van der Waals surface area contributed by atoms with Crippen molar-refractivity contribution in [1.82, 2.24) is 5.32 Å². The summed E-state index contributed by atoms with van der Waals surface area (Å²) in [5.74, 6) is 0. The maximum absolute atomic E-state index is 12.9. The number of halogens is 3. The zero-order valence-electron chi connectivity index (χ0n) is 13.7. The molecule has 1 saturated carbocycles. The van der Waals surface area contributed by atoms with Crippen molar-refractivity contribution in [2.75, 3.05) is 24.3 Å². The van der Waals surface area contributed by atoms with Crippen LogP contribution in [0.3, 0.4) is 0 Å². The Labute approximate surface area is 138 Å². The van der Waals surface area contributed by atoms with Crippen LogP contribution >= 0.6 is 0 Å². The number of anilines is 2. The first kappa shape index (κ1) is 18.4. The summed E-state index contributed by atoms with van der Waals surface area (Å²) in [7, 11) is 3.35. The first-order valence-electron chi connectivity index (χ1n) is 7.82. The summed E-state index contributed by atoms with van der Waals surface area (Å²) in [5, 5.41) is 15.0. The van der Waals surface area contributed by atoms with E-state index in [1.54, 1.807) is 19.0 Å². The van der Waals surface area contributed by atoms with Crippen LogP contribution in [-0.2, 0) is 6.18 Å². The van der Waals surface area contributed by atoms with Crippen LogP contribution in [0.2, 0.25) is 0 Å². The summed E-state index contributed by atoms with van der Waals surface area (Å²) in [6.45, 7) is 0. The lowest BCUT2D eigenvalue weighted by molar-refractivity contribution is -0.137. The molecule has 3 N–H and O–H groups in total. The van der Waals surface area contributed by atoms with E-state index < -0.39 is 23.9 Å². The van der Waals surface area contributed by atoms with Gasteiger partial charge in [-0.15, -0.1) is 0 Å². The van der Waals surface area contributed by atoms with Crippen LogP contribution in [0.1, 0.15) is 31.2 Å². The van der Waals surface area contributed by atoms with Crippen LogP contribution in [0.15, 0.2) is 18.2 Å². The molecule has 1 aliphatic rings. The molecule has 0 heterocycles. The minimum absolute atomic E-state index is 0.0672. The molecule has 2 amide bonds. The van der Waals surface area contributed by atoms with E-state index in [2.05, 4.69) is 10.6 Å². The minimum Gasteiger partial charge on any atom is -0.391 e. The average molecular weight is 345 g/mol. The molecule has 0 spiro atoms. The van der Waals surface area contributed by atoms with E-state index >= 15 is 0 Å². The Hall–Kier alpha value is -1.96. The second-order valence-corrected chi connectivity index (χ2v) is 6.18. The summed E-state index contributed by atoms with van der Waals surface area (Å²) in [6, 6.07) is 2.19. The zero-order valence-corrected chi connectivity index (χ0v) is 13.7. The second kappa shape index (κ2) is 7.29. The molecule has 2 atom stereocenters. The third-order valence-electron chi connectivity index (χ3n) is 4.10. The van der Waals surface area contributed by atoms with Gasteiger partial charge in [0.15, 0.2) is 0 Å². The first-order valence-corrected chi connectivity index (χ1v) is 7.82. The highest BCUT2D eigenvalue weighted by Gasteiger charge is 2.31. The van der Waals surface area contributed by atoms with Gasteiger partial charge in [-0.05, 0) is 31.0 Å². The molecule has 24 heavy (non-hydrogen) atoms. The molecule has 1 fully saturated rings. The molecule has 2 rings (SSSR count). The minimum atomic E-state index is -4.49. The van der Waals surface area contributed by atoms with Crippen molar-refractivity contribution >= 4 is 17.4 Å². The number of nitrogens with one attached hydrogen (secondary N) is 2. The van der Waals surface area contributed by atoms with Crippen LogP contribution in [0.4, 0.5) is 29.3 Å². The number of urea groups is 1. The van der Waals surface area contributed by atoms with Crippen molar-refractivity contribution in [3.8, 4) is 0 Å². The lowest BCUT2D eigenvalue weighted by Gasteiger charge is -2.28. The Kier molecular flexibility index (Phi) is 5.58. The maximum atomic E-state index is 12.9. The molecule has 5 nitrogen and oxygen atoms in total. The van der Waals surface area contributed by atoms with Crippen molar-refractivity contribution in [2.45, 2.75) is 44.0 Å². The highest BCUT2D eigenvalue weighted by Crippen LogP contribution is 2.34. The predicted molar refractivity (Wildman–Crippen MR) is 86.2 cm³/mol. The Balaban J connectivity index is 2.15. The standard InChI is InChI=1S/C16H22F3N3O2/c1-22(2)13-8-7-10(16(17,18)19)9-12(13)21-15(24)20-11-5-3-4-6-14(11)23/h7-9,11,14,23H,3-6H2,1-2H3,(H2,20,21,24)/t11-,14-/m1/s1. The van der Waals surface area contributed by atoms with Gasteiger partial charge in [0.2, 0.25) is 0 Å². The smallest absolute Gasteiger partial charge is 0.391 e. The number of aliphatic hydroxyl groups excluding tert-OH is 1. The van der Waals surface area contributed by atoms with Crippen LogP contribution in [0.25, 0.3) is 0 Å². The van der Waals surface area contributed by atoms with Crippen molar-refractivity contribution in [3.63, 3.8) is 0 Å². The summed E-state index contributed by atoms with van der Waals surface area (Å²) >= 11 is 0. The van der Waals surface area contributed by atoms with Gasteiger partial charge >= 0.3 is 12.2 Å². The van der Waals surface area contributed by atoms with Gasteiger partial charge in [-0.2, -0.15) is 13.2 Å². The van der Waals surface area contributed by atoms with Crippen LogP contribution in [-0.4, -0.2) is 37.4 Å². The van der Waals surface area contributed by atoms with E-state index in [0.717, 1.165) is 25.0 Å². The lowest BCUT2D eigenvalue weighted by Crippen LogP contribution is -2.46. The fraction of sp³-hybridized carbons (Fsp3) is 0.562. The molecular weight excluding hydrogens is 323 g/mol. The predicted octanol–water partition coefficient (Wildman–Crippen LogP) is 3.20. The molecule has 0 bridgehead atoms. The van der Waals surface area contributed by atoms with Crippen molar-refractivity contribution in [3.05, 3.63) is 23.8 Å². The molecule has 1 aromatic rings. The van der Waals surface area contributed by atoms with Gasteiger partial charge in [-0.1, -0.05) is 12.8 Å². The van der Waals surface area contributed by atoms with Crippen LogP contribution < -0.4 is 15.5 Å². The van der Waals surface area contributed by atoms with Gasteiger partial charge in [0.25, 0.3) is 0 Å². The SMILES string of the molecule is CN(C)c1ccc(C(F)(F)F)cc1NC(=O)N[C@@H]1CCCC[C@H]1O. The Morgan fingerprint density at radius 1 is 1.25 bits per heavy atom. The third kappa shape index (κ3) is 4.53. The number of rotatable bonds is 3. The van der Waals surface area contributed by atoms with Crippen LogP contribution in [0, 0.1) is 0 Å². The average Bonchev–Trinajstić information content (AvgIpc) is 2.48. The number of alkyl halides is 3. The summed E-state index contributed by atoms with van der Waals surface area (Å²) in [6.07, 6.45) is -2.06. The highest BCUT2D eigenvalue weighted by molar-refractivity contribution is 5.93. The lowest BCUT2D eigenvalue weighted by atomic mass is 9.93.